The molecule has 1 aliphatic rings. The van der Waals surface area contributed by atoms with E-state index in [2.05, 4.69) is 10.6 Å². The van der Waals surface area contributed by atoms with Crippen LogP contribution in [-0.4, -0.2) is 30.5 Å². The molecule has 1 heterocycles. The van der Waals surface area contributed by atoms with Gasteiger partial charge in [0.1, 0.15) is 0 Å². The van der Waals surface area contributed by atoms with E-state index in [1.54, 1.807) is 6.07 Å². The van der Waals surface area contributed by atoms with Crippen molar-refractivity contribution in [2.45, 2.75) is 32.1 Å². The van der Waals surface area contributed by atoms with Crippen molar-refractivity contribution in [3.8, 4) is 0 Å². The van der Waals surface area contributed by atoms with Crippen molar-refractivity contribution in [3.05, 3.63) is 39.9 Å². The zero-order chi connectivity index (χ0) is 15.8. The molecule has 6 nitrogen and oxygen atoms in total. The third kappa shape index (κ3) is 6.97. The number of hydrogen-bond acceptors (Lipinski definition) is 4. The fourth-order valence-electron chi connectivity index (χ4n) is 2.76. The molecule has 2 N–H and O–H groups in total. The molecular weight excluding hydrogens is 318 g/mol. The predicted molar refractivity (Wildman–Crippen MR) is 91.9 cm³/mol. The first-order valence-corrected chi connectivity index (χ1v) is 7.86. The molecule has 128 valence electrons. The molecule has 0 aliphatic carbocycles. The Morgan fingerprint density at radius 3 is 2.96 bits per heavy atom. The lowest BCUT2D eigenvalue weighted by Gasteiger charge is -2.22. The zero-order valence-corrected chi connectivity index (χ0v) is 13.9. The summed E-state index contributed by atoms with van der Waals surface area (Å²) in [5, 5.41) is 17.0. The van der Waals surface area contributed by atoms with Crippen LogP contribution in [0.5, 0.6) is 0 Å². The topological polar surface area (TPSA) is 84.3 Å². The quantitative estimate of drug-likeness (QED) is 0.589. The van der Waals surface area contributed by atoms with Crippen molar-refractivity contribution in [1.82, 2.24) is 10.6 Å². The molecular formula is C16H24ClN3O3. The van der Waals surface area contributed by atoms with Gasteiger partial charge in [-0.3, -0.25) is 14.9 Å². The molecule has 0 saturated carbocycles. The minimum atomic E-state index is -0.415. The van der Waals surface area contributed by atoms with Crippen LogP contribution in [0.3, 0.4) is 0 Å². The number of amides is 1. The number of piperidine rings is 1. The Labute approximate surface area is 142 Å². The highest BCUT2D eigenvalue weighted by molar-refractivity contribution is 5.85. The summed E-state index contributed by atoms with van der Waals surface area (Å²) >= 11 is 0. The molecule has 1 aromatic rings. The van der Waals surface area contributed by atoms with Gasteiger partial charge >= 0.3 is 0 Å². The molecule has 1 saturated heterocycles. The van der Waals surface area contributed by atoms with Gasteiger partial charge in [0.2, 0.25) is 5.91 Å². The van der Waals surface area contributed by atoms with Gasteiger partial charge in [-0.15, -0.1) is 12.4 Å². The highest BCUT2D eigenvalue weighted by Crippen LogP contribution is 2.15. The van der Waals surface area contributed by atoms with Crippen LogP contribution in [0.4, 0.5) is 5.69 Å². The summed E-state index contributed by atoms with van der Waals surface area (Å²) in [5.41, 5.74) is 0.892. The van der Waals surface area contributed by atoms with Gasteiger partial charge in [0, 0.05) is 25.1 Å². The number of halogens is 1. The average Bonchev–Trinajstić information content (AvgIpc) is 2.54. The van der Waals surface area contributed by atoms with Crippen LogP contribution in [0, 0.1) is 16.0 Å². The largest absolute Gasteiger partial charge is 0.356 e. The van der Waals surface area contributed by atoms with E-state index in [9.17, 15) is 14.9 Å². The second-order valence-corrected chi connectivity index (χ2v) is 5.78. The molecule has 0 radical (unpaired) electrons. The third-order valence-corrected chi connectivity index (χ3v) is 4.04. The van der Waals surface area contributed by atoms with Crippen LogP contribution in [0.2, 0.25) is 0 Å². The fourth-order valence-corrected chi connectivity index (χ4v) is 2.76. The number of benzene rings is 1. The van der Waals surface area contributed by atoms with Crippen molar-refractivity contribution in [3.63, 3.8) is 0 Å². The van der Waals surface area contributed by atoms with Crippen molar-refractivity contribution in [1.29, 1.82) is 0 Å². The lowest BCUT2D eigenvalue weighted by Crippen LogP contribution is -2.33. The molecule has 1 unspecified atom stereocenters. The second kappa shape index (κ2) is 10.2. The maximum Gasteiger partial charge on any atom is 0.269 e. The van der Waals surface area contributed by atoms with Crippen LogP contribution in [0.1, 0.15) is 31.2 Å². The first kappa shape index (κ1) is 19.4. The van der Waals surface area contributed by atoms with E-state index in [4.69, 9.17) is 0 Å². The number of nitro groups is 1. The Morgan fingerprint density at radius 2 is 2.26 bits per heavy atom. The van der Waals surface area contributed by atoms with Gasteiger partial charge in [0.25, 0.3) is 5.69 Å². The van der Waals surface area contributed by atoms with Gasteiger partial charge in [-0.25, -0.2) is 0 Å². The summed E-state index contributed by atoms with van der Waals surface area (Å²) in [6, 6.07) is 6.46. The summed E-state index contributed by atoms with van der Waals surface area (Å²) in [4.78, 5) is 22.1. The van der Waals surface area contributed by atoms with Crippen molar-refractivity contribution in [2.24, 2.45) is 5.92 Å². The highest BCUT2D eigenvalue weighted by Gasteiger charge is 2.13. The Morgan fingerprint density at radius 1 is 1.43 bits per heavy atom. The number of hydrogen-bond donors (Lipinski definition) is 2. The summed E-state index contributed by atoms with van der Waals surface area (Å²) in [7, 11) is 0. The van der Waals surface area contributed by atoms with E-state index in [0.29, 0.717) is 25.3 Å². The van der Waals surface area contributed by atoms with Crippen LogP contribution in [0.25, 0.3) is 0 Å². The van der Waals surface area contributed by atoms with E-state index >= 15 is 0 Å². The molecule has 23 heavy (non-hydrogen) atoms. The smallest absolute Gasteiger partial charge is 0.269 e. The molecule has 1 aromatic carbocycles. The second-order valence-electron chi connectivity index (χ2n) is 5.78. The lowest BCUT2D eigenvalue weighted by molar-refractivity contribution is -0.384. The SMILES string of the molecule is Cl.O=C(CCc1cccc([N+](=O)[O-])c1)NCCC1CCCNC1. The van der Waals surface area contributed by atoms with Crippen LogP contribution < -0.4 is 10.6 Å². The predicted octanol–water partition coefficient (Wildman–Crippen LogP) is 2.46. The van der Waals surface area contributed by atoms with Gasteiger partial charge in [-0.1, -0.05) is 12.1 Å². The third-order valence-electron chi connectivity index (χ3n) is 4.04. The van der Waals surface area contributed by atoms with Crippen LogP contribution in [0.15, 0.2) is 24.3 Å². The Kier molecular flexibility index (Phi) is 8.58. The Hall–Kier alpha value is -1.66. The molecule has 1 atom stereocenters. The number of carbonyl (C=O) groups is 1. The molecule has 7 heteroatoms. The van der Waals surface area contributed by atoms with Crippen molar-refractivity contribution in [2.75, 3.05) is 19.6 Å². The van der Waals surface area contributed by atoms with Gasteiger partial charge in [0.15, 0.2) is 0 Å². The van der Waals surface area contributed by atoms with Crippen LogP contribution >= 0.6 is 12.4 Å². The van der Waals surface area contributed by atoms with E-state index in [0.717, 1.165) is 25.1 Å². The van der Waals surface area contributed by atoms with Crippen molar-refractivity contribution >= 4 is 24.0 Å². The molecule has 1 aliphatic heterocycles. The molecule has 0 spiro atoms. The average molecular weight is 342 g/mol. The van der Waals surface area contributed by atoms with Gasteiger partial charge in [0.05, 0.1) is 4.92 Å². The van der Waals surface area contributed by atoms with E-state index < -0.39 is 4.92 Å². The standard InChI is InChI=1S/C16H23N3O3.ClH/c20-16(18-10-8-14-4-2-9-17-12-14)7-6-13-3-1-5-15(11-13)19(21)22;/h1,3,5,11,14,17H,2,4,6-10,12H2,(H,18,20);1H. The summed E-state index contributed by atoms with van der Waals surface area (Å²) in [6.07, 6.45) is 4.35. The van der Waals surface area contributed by atoms with Gasteiger partial charge < -0.3 is 10.6 Å². The minimum Gasteiger partial charge on any atom is -0.356 e. The van der Waals surface area contributed by atoms with E-state index in [1.165, 1.54) is 25.0 Å². The first-order valence-electron chi connectivity index (χ1n) is 7.86. The maximum absolute atomic E-state index is 11.8. The number of carbonyl (C=O) groups excluding carboxylic acids is 1. The van der Waals surface area contributed by atoms with Crippen molar-refractivity contribution < 1.29 is 9.72 Å². The lowest BCUT2D eigenvalue weighted by atomic mass is 9.96. The number of aryl methyl sites for hydroxylation is 1. The number of nitrogens with one attached hydrogen (secondary N) is 2. The van der Waals surface area contributed by atoms with E-state index in [1.807, 2.05) is 6.07 Å². The summed E-state index contributed by atoms with van der Waals surface area (Å²) in [5.74, 6) is 0.668. The normalized spacial score (nSPS) is 17.1. The first-order chi connectivity index (χ1) is 10.6. The van der Waals surface area contributed by atoms with E-state index in [-0.39, 0.29) is 24.0 Å². The molecule has 1 amide bonds. The molecule has 2 rings (SSSR count). The number of non-ortho nitro benzene ring substituents is 1. The van der Waals surface area contributed by atoms with Crippen LogP contribution in [-0.2, 0) is 11.2 Å². The number of nitrogens with zero attached hydrogens (tertiary/aromatic N) is 1. The summed E-state index contributed by atoms with van der Waals surface area (Å²) in [6.45, 7) is 2.86. The molecule has 1 fully saturated rings. The summed E-state index contributed by atoms with van der Waals surface area (Å²) < 4.78 is 0. The van der Waals surface area contributed by atoms with Gasteiger partial charge in [-0.2, -0.15) is 0 Å². The fraction of sp³-hybridized carbons (Fsp3) is 0.562. The Bertz CT molecular complexity index is 519. The van der Waals surface area contributed by atoms with Gasteiger partial charge in [-0.05, 0) is 50.3 Å². The molecule has 0 bridgehead atoms. The minimum absolute atomic E-state index is 0. The maximum atomic E-state index is 11.8. The molecule has 0 aromatic heterocycles. The highest BCUT2D eigenvalue weighted by atomic mass is 35.5. The monoisotopic (exact) mass is 341 g/mol. The zero-order valence-electron chi connectivity index (χ0n) is 13.1. The number of rotatable bonds is 7. The number of nitro benzene ring substituents is 1. The Balaban J connectivity index is 0.00000264.